The number of hydrogen-bond donors (Lipinski definition) is 1. The predicted molar refractivity (Wildman–Crippen MR) is 94.6 cm³/mol. The molecule has 1 heterocycles. The van der Waals surface area contributed by atoms with E-state index >= 15 is 0 Å². The van der Waals surface area contributed by atoms with Crippen molar-refractivity contribution in [1.82, 2.24) is 20.2 Å². The third-order valence-corrected chi connectivity index (χ3v) is 4.47. The van der Waals surface area contributed by atoms with Gasteiger partial charge in [-0.25, -0.2) is 4.68 Å². The lowest BCUT2D eigenvalue weighted by Gasteiger charge is -2.13. The molecule has 0 saturated heterocycles. The molecule has 7 nitrogen and oxygen atoms in total. The second-order valence-corrected chi connectivity index (χ2v) is 7.35. The number of aromatic nitrogens is 4. The molecule has 1 unspecified atom stereocenters. The van der Waals surface area contributed by atoms with Crippen LogP contribution in [0.5, 0.6) is 5.75 Å². The normalized spacial score (nSPS) is 12.2. The zero-order chi connectivity index (χ0) is 17.7. The number of amides is 1. The Labute approximate surface area is 150 Å². The van der Waals surface area contributed by atoms with E-state index in [-0.39, 0.29) is 11.2 Å². The van der Waals surface area contributed by atoms with Crippen molar-refractivity contribution in [2.75, 3.05) is 12.4 Å². The van der Waals surface area contributed by atoms with Gasteiger partial charge in [-0.3, -0.25) is 4.79 Å². The maximum Gasteiger partial charge on any atom is 0.237 e. The van der Waals surface area contributed by atoms with E-state index in [2.05, 4.69) is 34.7 Å². The third kappa shape index (κ3) is 4.85. The Hall–Kier alpha value is -1.80. The fourth-order valence-corrected chi connectivity index (χ4v) is 3.00. The van der Waals surface area contributed by atoms with Gasteiger partial charge in [-0.15, -0.1) is 5.10 Å². The Balaban J connectivity index is 2.00. The summed E-state index contributed by atoms with van der Waals surface area (Å²) in [5, 5.41) is 15.2. The van der Waals surface area contributed by atoms with Crippen molar-refractivity contribution in [2.45, 2.75) is 37.7 Å². The van der Waals surface area contributed by atoms with Crippen LogP contribution in [-0.2, 0) is 11.3 Å². The number of hydrogen-bond acceptors (Lipinski definition) is 6. The second-order valence-electron chi connectivity index (χ2n) is 5.64. The molecule has 0 saturated carbocycles. The summed E-state index contributed by atoms with van der Waals surface area (Å²) in [5.74, 6) is 0.823. The Morgan fingerprint density at radius 3 is 2.79 bits per heavy atom. The fourth-order valence-electron chi connectivity index (χ4n) is 1.94. The number of carbonyl (C=O) groups excluding carboxylic acids is 1. The molecular weight excluding hydrogens is 350 g/mol. The van der Waals surface area contributed by atoms with E-state index in [4.69, 9.17) is 16.3 Å². The van der Waals surface area contributed by atoms with Gasteiger partial charge in [0.2, 0.25) is 11.1 Å². The summed E-state index contributed by atoms with van der Waals surface area (Å²) < 4.78 is 6.81. The van der Waals surface area contributed by atoms with Crippen LogP contribution in [0.2, 0.25) is 5.02 Å². The number of rotatable bonds is 7. The van der Waals surface area contributed by atoms with Gasteiger partial charge < -0.3 is 10.1 Å². The van der Waals surface area contributed by atoms with E-state index in [1.54, 1.807) is 36.9 Å². The molecule has 2 rings (SSSR count). The van der Waals surface area contributed by atoms with E-state index in [0.717, 1.165) is 0 Å². The van der Waals surface area contributed by atoms with Crippen LogP contribution in [0.1, 0.15) is 20.8 Å². The van der Waals surface area contributed by atoms with Crippen molar-refractivity contribution in [2.24, 2.45) is 5.92 Å². The molecule has 0 bridgehead atoms. The Kier molecular flexibility index (Phi) is 6.44. The minimum Gasteiger partial charge on any atom is -0.495 e. The highest BCUT2D eigenvalue weighted by molar-refractivity contribution is 8.00. The molecule has 1 aromatic heterocycles. The summed E-state index contributed by atoms with van der Waals surface area (Å²) in [6.45, 7) is 6.68. The molecule has 1 amide bonds. The lowest BCUT2D eigenvalue weighted by atomic mass is 10.2. The number of carbonyl (C=O) groups is 1. The van der Waals surface area contributed by atoms with Crippen LogP contribution in [0.4, 0.5) is 5.69 Å². The van der Waals surface area contributed by atoms with Gasteiger partial charge in [0.15, 0.2) is 0 Å². The summed E-state index contributed by atoms with van der Waals surface area (Å²) in [7, 11) is 1.54. The minimum absolute atomic E-state index is 0.152. The van der Waals surface area contributed by atoms with Crippen molar-refractivity contribution in [3.8, 4) is 5.75 Å². The van der Waals surface area contributed by atoms with Gasteiger partial charge in [0.25, 0.3) is 0 Å². The van der Waals surface area contributed by atoms with Gasteiger partial charge in [0.1, 0.15) is 5.75 Å². The number of ether oxygens (including phenoxy) is 1. The minimum atomic E-state index is -0.359. The largest absolute Gasteiger partial charge is 0.495 e. The Morgan fingerprint density at radius 2 is 2.17 bits per heavy atom. The lowest BCUT2D eigenvalue weighted by Crippen LogP contribution is -2.23. The quantitative estimate of drug-likeness (QED) is 0.755. The van der Waals surface area contributed by atoms with E-state index in [1.807, 2.05) is 0 Å². The topological polar surface area (TPSA) is 81.9 Å². The molecule has 0 fully saturated rings. The fraction of sp³-hybridized carbons (Fsp3) is 0.467. The number of anilines is 1. The van der Waals surface area contributed by atoms with Crippen molar-refractivity contribution >= 4 is 35.0 Å². The number of tetrazole rings is 1. The zero-order valence-electron chi connectivity index (χ0n) is 14.0. The van der Waals surface area contributed by atoms with Crippen LogP contribution >= 0.6 is 23.4 Å². The molecule has 0 aliphatic rings. The summed E-state index contributed by atoms with van der Waals surface area (Å²) in [6, 6.07) is 5.10. The molecule has 130 valence electrons. The summed E-state index contributed by atoms with van der Waals surface area (Å²) in [5.41, 5.74) is 0.611. The van der Waals surface area contributed by atoms with Crippen LogP contribution in [-0.4, -0.2) is 38.5 Å². The summed E-state index contributed by atoms with van der Waals surface area (Å²) >= 11 is 7.38. The molecule has 1 atom stereocenters. The van der Waals surface area contributed by atoms with E-state index in [9.17, 15) is 4.79 Å². The van der Waals surface area contributed by atoms with Gasteiger partial charge >= 0.3 is 0 Å². The lowest BCUT2D eigenvalue weighted by molar-refractivity contribution is -0.115. The van der Waals surface area contributed by atoms with Gasteiger partial charge in [0, 0.05) is 12.2 Å². The maximum atomic E-state index is 12.4. The van der Waals surface area contributed by atoms with Crippen LogP contribution in [0.15, 0.2) is 23.4 Å². The number of methoxy groups -OCH3 is 1. The highest BCUT2D eigenvalue weighted by Gasteiger charge is 2.19. The first-order valence-corrected chi connectivity index (χ1v) is 8.73. The van der Waals surface area contributed by atoms with Gasteiger partial charge in [-0.05, 0) is 41.5 Å². The number of thioether (sulfide) groups is 1. The zero-order valence-corrected chi connectivity index (χ0v) is 15.6. The van der Waals surface area contributed by atoms with Crippen molar-refractivity contribution in [3.63, 3.8) is 0 Å². The molecule has 1 aromatic carbocycles. The van der Waals surface area contributed by atoms with E-state index < -0.39 is 0 Å². The van der Waals surface area contributed by atoms with Gasteiger partial charge in [0.05, 0.1) is 17.4 Å². The van der Waals surface area contributed by atoms with Crippen molar-refractivity contribution in [1.29, 1.82) is 0 Å². The first-order valence-electron chi connectivity index (χ1n) is 7.48. The Bertz CT molecular complexity index is 707. The van der Waals surface area contributed by atoms with E-state index in [1.165, 1.54) is 11.8 Å². The molecule has 1 N–H and O–H groups in total. The standard InChI is InChI=1S/C15H20ClN5O2S/c1-9(2)8-21-15(18-19-20-21)24-10(3)14(22)17-11-5-6-13(23-4)12(16)7-11/h5-7,9-10H,8H2,1-4H3,(H,17,22). The molecule has 0 aliphatic heterocycles. The molecule has 24 heavy (non-hydrogen) atoms. The average molecular weight is 370 g/mol. The number of nitrogens with zero attached hydrogens (tertiary/aromatic N) is 4. The first-order chi connectivity index (χ1) is 11.4. The SMILES string of the molecule is COc1ccc(NC(=O)C(C)Sc2nnnn2CC(C)C)cc1Cl. The highest BCUT2D eigenvalue weighted by atomic mass is 35.5. The second kappa shape index (κ2) is 8.34. The van der Waals surface area contributed by atoms with Crippen LogP contribution in [0.3, 0.4) is 0 Å². The molecular formula is C15H20ClN5O2S. The first kappa shape index (κ1) is 18.5. The van der Waals surface area contributed by atoms with Gasteiger partial charge in [-0.2, -0.15) is 0 Å². The van der Waals surface area contributed by atoms with Gasteiger partial charge in [-0.1, -0.05) is 37.2 Å². The maximum absolute atomic E-state index is 12.4. The molecule has 0 aliphatic carbocycles. The highest BCUT2D eigenvalue weighted by Crippen LogP contribution is 2.28. The molecule has 9 heteroatoms. The molecule has 0 spiro atoms. The molecule has 0 radical (unpaired) electrons. The molecule has 2 aromatic rings. The van der Waals surface area contributed by atoms with Crippen LogP contribution < -0.4 is 10.1 Å². The van der Waals surface area contributed by atoms with Crippen molar-refractivity contribution in [3.05, 3.63) is 23.2 Å². The predicted octanol–water partition coefficient (Wildman–Crippen LogP) is 3.11. The third-order valence-electron chi connectivity index (χ3n) is 3.11. The average Bonchev–Trinajstić information content (AvgIpc) is 2.93. The summed E-state index contributed by atoms with van der Waals surface area (Å²) in [6.07, 6.45) is 0. The van der Waals surface area contributed by atoms with Crippen LogP contribution in [0, 0.1) is 5.92 Å². The van der Waals surface area contributed by atoms with E-state index in [0.29, 0.717) is 34.1 Å². The van der Waals surface area contributed by atoms with Crippen LogP contribution in [0.25, 0.3) is 0 Å². The Morgan fingerprint density at radius 1 is 1.42 bits per heavy atom. The number of halogens is 1. The summed E-state index contributed by atoms with van der Waals surface area (Å²) in [4.78, 5) is 12.4. The number of nitrogens with one attached hydrogen (secondary N) is 1. The monoisotopic (exact) mass is 369 g/mol. The van der Waals surface area contributed by atoms with Crippen molar-refractivity contribution < 1.29 is 9.53 Å². The smallest absolute Gasteiger partial charge is 0.237 e. The number of benzene rings is 1.